The van der Waals surface area contributed by atoms with Gasteiger partial charge >= 0.3 is 0 Å². The van der Waals surface area contributed by atoms with Crippen molar-refractivity contribution in [1.82, 2.24) is 5.32 Å². The van der Waals surface area contributed by atoms with E-state index in [0.29, 0.717) is 18.5 Å². The maximum absolute atomic E-state index is 10.0. The first kappa shape index (κ1) is 10.0. The van der Waals surface area contributed by atoms with Crippen molar-refractivity contribution >= 4 is 12.2 Å². The van der Waals surface area contributed by atoms with Gasteiger partial charge in [-0.2, -0.15) is 0 Å². The molecule has 0 aliphatic rings. The van der Waals surface area contributed by atoms with Gasteiger partial charge in [-0.25, -0.2) is 0 Å². The molecule has 5 nitrogen and oxygen atoms in total. The summed E-state index contributed by atoms with van der Waals surface area (Å²) in [5.74, 6) is 0.0693. The summed E-state index contributed by atoms with van der Waals surface area (Å²) in [7, 11) is 0. The predicted octanol–water partition coefficient (Wildman–Crippen LogP) is 0.0271. The van der Waals surface area contributed by atoms with Crippen LogP contribution in [0.3, 0.4) is 0 Å². The van der Waals surface area contributed by atoms with Crippen molar-refractivity contribution in [2.45, 2.75) is 6.54 Å². The number of rotatable bonds is 4. The fourth-order valence-corrected chi connectivity index (χ4v) is 1.01. The van der Waals surface area contributed by atoms with Crippen molar-refractivity contribution in [2.75, 3.05) is 0 Å². The monoisotopic (exact) mass is 193 g/mol. The van der Waals surface area contributed by atoms with Crippen LogP contribution in [0.1, 0.15) is 11.1 Å². The first-order valence-electron chi connectivity index (χ1n) is 4.02. The van der Waals surface area contributed by atoms with Crippen LogP contribution >= 0.6 is 0 Å². The molecule has 0 unspecified atom stereocenters. The van der Waals surface area contributed by atoms with E-state index in [1.165, 1.54) is 0 Å². The molecule has 0 radical (unpaired) electrons. The number of hydrogen-bond acceptors (Lipinski definition) is 3. The predicted molar refractivity (Wildman–Crippen MR) is 51.9 cm³/mol. The Labute approximate surface area is 81.2 Å². The smallest absolute Gasteiger partial charge is 0.207 e. The molecule has 1 aromatic carbocycles. The molecule has 14 heavy (non-hydrogen) atoms. The molecule has 0 bridgehead atoms. The van der Waals surface area contributed by atoms with E-state index < -0.39 is 0 Å². The molecule has 74 valence electrons. The topological polar surface area (TPSA) is 87.7 Å². The highest BCUT2D eigenvalue weighted by molar-refractivity contribution is 5.96. The van der Waals surface area contributed by atoms with Crippen LogP contribution in [0.25, 0.3) is 0 Å². The second kappa shape index (κ2) is 4.86. The van der Waals surface area contributed by atoms with Crippen molar-refractivity contribution in [3.63, 3.8) is 0 Å². The van der Waals surface area contributed by atoms with Crippen LogP contribution in [-0.2, 0) is 11.3 Å². The lowest BCUT2D eigenvalue weighted by atomic mass is 10.1. The Morgan fingerprint density at radius 1 is 1.50 bits per heavy atom. The van der Waals surface area contributed by atoms with Gasteiger partial charge in [0.15, 0.2) is 5.84 Å². The van der Waals surface area contributed by atoms with Crippen molar-refractivity contribution in [1.29, 1.82) is 0 Å². The summed E-state index contributed by atoms with van der Waals surface area (Å²) in [5, 5.41) is 13.8. The Morgan fingerprint density at radius 3 is 2.64 bits per heavy atom. The number of benzene rings is 1. The lowest BCUT2D eigenvalue weighted by Gasteiger charge is -2.01. The van der Waals surface area contributed by atoms with Crippen LogP contribution in [0, 0.1) is 0 Å². The molecule has 1 aromatic rings. The number of nitrogens with zero attached hydrogens (tertiary/aromatic N) is 1. The zero-order valence-corrected chi connectivity index (χ0v) is 7.47. The van der Waals surface area contributed by atoms with Crippen LogP contribution in [0.15, 0.2) is 29.4 Å². The van der Waals surface area contributed by atoms with Crippen LogP contribution in [0.4, 0.5) is 0 Å². The average Bonchev–Trinajstić information content (AvgIpc) is 2.26. The van der Waals surface area contributed by atoms with Gasteiger partial charge in [0.2, 0.25) is 6.41 Å². The minimum Gasteiger partial charge on any atom is -0.409 e. The minimum atomic E-state index is 0.0693. The van der Waals surface area contributed by atoms with E-state index in [1.54, 1.807) is 24.3 Å². The van der Waals surface area contributed by atoms with Gasteiger partial charge in [-0.05, 0) is 5.56 Å². The van der Waals surface area contributed by atoms with Gasteiger partial charge in [-0.15, -0.1) is 0 Å². The summed E-state index contributed by atoms with van der Waals surface area (Å²) >= 11 is 0. The molecule has 4 N–H and O–H groups in total. The SMILES string of the molecule is N/C(=N\O)c1ccc(CNC=O)cc1. The highest BCUT2D eigenvalue weighted by Crippen LogP contribution is 2.03. The summed E-state index contributed by atoms with van der Waals surface area (Å²) < 4.78 is 0. The highest BCUT2D eigenvalue weighted by atomic mass is 16.4. The minimum absolute atomic E-state index is 0.0693. The molecular formula is C9H11N3O2. The molecule has 0 heterocycles. The van der Waals surface area contributed by atoms with Crippen molar-refractivity contribution in [2.24, 2.45) is 10.9 Å². The van der Waals surface area contributed by atoms with Gasteiger partial charge < -0.3 is 16.3 Å². The summed E-state index contributed by atoms with van der Waals surface area (Å²) in [5.41, 5.74) is 6.96. The zero-order chi connectivity index (χ0) is 10.4. The number of amidine groups is 1. The summed E-state index contributed by atoms with van der Waals surface area (Å²) in [4.78, 5) is 10.0. The van der Waals surface area contributed by atoms with E-state index in [0.717, 1.165) is 5.56 Å². The molecule has 0 fully saturated rings. The quantitative estimate of drug-likeness (QED) is 0.207. The van der Waals surface area contributed by atoms with Gasteiger partial charge in [-0.3, -0.25) is 4.79 Å². The molecule has 0 saturated carbocycles. The summed E-state index contributed by atoms with van der Waals surface area (Å²) in [6.45, 7) is 0.472. The third-order valence-corrected chi connectivity index (χ3v) is 1.75. The standard InChI is InChI=1S/C9H11N3O2/c10-9(12-14)8-3-1-7(2-4-8)5-11-6-13/h1-4,6,14H,5H2,(H2,10,12)(H,11,13). The normalized spacial score (nSPS) is 11.0. The highest BCUT2D eigenvalue weighted by Gasteiger charge is 1.98. The molecule has 1 amide bonds. The summed E-state index contributed by atoms with van der Waals surface area (Å²) in [6, 6.07) is 7.03. The zero-order valence-electron chi connectivity index (χ0n) is 7.47. The Morgan fingerprint density at radius 2 is 2.14 bits per heavy atom. The fourth-order valence-electron chi connectivity index (χ4n) is 1.01. The number of carbonyl (C=O) groups excluding carboxylic acids is 1. The Bertz CT molecular complexity index is 332. The number of hydrogen-bond donors (Lipinski definition) is 3. The van der Waals surface area contributed by atoms with E-state index in [2.05, 4.69) is 10.5 Å². The first-order valence-corrected chi connectivity index (χ1v) is 4.02. The van der Waals surface area contributed by atoms with E-state index in [-0.39, 0.29) is 5.84 Å². The Kier molecular flexibility index (Phi) is 3.49. The third kappa shape index (κ3) is 2.48. The van der Waals surface area contributed by atoms with Crippen LogP contribution < -0.4 is 11.1 Å². The lowest BCUT2D eigenvalue weighted by molar-refractivity contribution is -0.109. The van der Waals surface area contributed by atoms with Gasteiger partial charge in [0, 0.05) is 12.1 Å². The van der Waals surface area contributed by atoms with Gasteiger partial charge in [-0.1, -0.05) is 29.4 Å². The maximum atomic E-state index is 10.0. The number of nitrogens with one attached hydrogen (secondary N) is 1. The number of nitrogens with two attached hydrogens (primary N) is 1. The number of oxime groups is 1. The third-order valence-electron chi connectivity index (χ3n) is 1.75. The Hall–Kier alpha value is -2.04. The Balaban J connectivity index is 2.73. The van der Waals surface area contributed by atoms with Gasteiger partial charge in [0.05, 0.1) is 0 Å². The van der Waals surface area contributed by atoms with Crippen molar-refractivity contribution in [3.8, 4) is 0 Å². The lowest BCUT2D eigenvalue weighted by Crippen LogP contribution is -2.13. The van der Waals surface area contributed by atoms with Crippen molar-refractivity contribution in [3.05, 3.63) is 35.4 Å². The second-order valence-corrected chi connectivity index (χ2v) is 2.68. The van der Waals surface area contributed by atoms with E-state index in [9.17, 15) is 4.79 Å². The largest absolute Gasteiger partial charge is 0.409 e. The molecule has 0 atom stereocenters. The molecule has 0 aliphatic carbocycles. The van der Waals surface area contributed by atoms with Crippen molar-refractivity contribution < 1.29 is 10.0 Å². The fraction of sp³-hybridized carbons (Fsp3) is 0.111. The van der Waals surface area contributed by atoms with Crippen LogP contribution in [-0.4, -0.2) is 17.5 Å². The van der Waals surface area contributed by atoms with E-state index in [1.807, 2.05) is 0 Å². The first-order chi connectivity index (χ1) is 6.77. The summed E-state index contributed by atoms with van der Waals surface area (Å²) in [6.07, 6.45) is 0.636. The average molecular weight is 193 g/mol. The molecule has 0 spiro atoms. The molecule has 5 heteroatoms. The number of carbonyl (C=O) groups is 1. The molecule has 1 rings (SSSR count). The molecule has 0 saturated heterocycles. The molecule has 0 aliphatic heterocycles. The maximum Gasteiger partial charge on any atom is 0.207 e. The molecular weight excluding hydrogens is 182 g/mol. The van der Waals surface area contributed by atoms with Crippen LogP contribution in [0.5, 0.6) is 0 Å². The van der Waals surface area contributed by atoms with Crippen LogP contribution in [0.2, 0.25) is 0 Å². The molecule has 0 aromatic heterocycles. The van der Waals surface area contributed by atoms with Gasteiger partial charge in [0.1, 0.15) is 0 Å². The van der Waals surface area contributed by atoms with E-state index >= 15 is 0 Å². The van der Waals surface area contributed by atoms with Gasteiger partial charge in [0.25, 0.3) is 0 Å². The second-order valence-electron chi connectivity index (χ2n) is 2.68. The number of amides is 1. The van der Waals surface area contributed by atoms with E-state index in [4.69, 9.17) is 10.9 Å².